The number of methoxy groups -OCH3 is 1. The first-order chi connectivity index (χ1) is 9.26. The van der Waals surface area contributed by atoms with Crippen molar-refractivity contribution in [3.8, 4) is 5.75 Å². The van der Waals surface area contributed by atoms with E-state index in [9.17, 15) is 0 Å². The predicted molar refractivity (Wildman–Crippen MR) is 92.8 cm³/mol. The van der Waals surface area contributed by atoms with E-state index in [1.165, 1.54) is 0 Å². The molecule has 0 bridgehead atoms. The number of halogens is 1. The number of nitrogens with zero attached hydrogens (tertiary/aromatic N) is 1. The number of guanidine groups is 1. The van der Waals surface area contributed by atoms with Gasteiger partial charge in [0.15, 0.2) is 5.96 Å². The Labute approximate surface area is 138 Å². The molecule has 0 aliphatic carbocycles. The molecule has 0 heterocycles. The Morgan fingerprint density at radius 3 is 2.55 bits per heavy atom. The van der Waals surface area contributed by atoms with Gasteiger partial charge in [-0.15, -0.1) is 24.0 Å². The largest absolute Gasteiger partial charge is 0.491 e. The maximum absolute atomic E-state index is 5.72. The summed E-state index contributed by atoms with van der Waals surface area (Å²) in [5.41, 5.74) is 6.82. The Morgan fingerprint density at radius 1 is 1.25 bits per heavy atom. The number of benzene rings is 1. The third-order valence-electron chi connectivity index (χ3n) is 2.47. The number of aliphatic imine (C=N–C) groups is 1. The Balaban J connectivity index is 0.00000361. The number of hydrogen-bond acceptors (Lipinski definition) is 3. The van der Waals surface area contributed by atoms with Crippen molar-refractivity contribution in [1.82, 2.24) is 5.32 Å². The molecule has 114 valence electrons. The standard InChI is InChI=1S/C14H23N3O2.HI/c1-3-8-16-14(15)17-11-12-4-6-13(7-5-12)19-10-9-18-2;/h4-7H,3,8-11H2,1-2H3,(H3,15,16,17);1H. The first-order valence-electron chi connectivity index (χ1n) is 6.50. The number of ether oxygens (including phenoxy) is 2. The highest BCUT2D eigenvalue weighted by atomic mass is 127. The molecule has 0 aromatic heterocycles. The van der Waals surface area contributed by atoms with Crippen LogP contribution in [0.15, 0.2) is 29.3 Å². The summed E-state index contributed by atoms with van der Waals surface area (Å²) in [6.07, 6.45) is 1.03. The third kappa shape index (κ3) is 8.21. The molecule has 0 aliphatic heterocycles. The highest BCUT2D eigenvalue weighted by molar-refractivity contribution is 14.0. The van der Waals surface area contributed by atoms with Crippen molar-refractivity contribution in [3.63, 3.8) is 0 Å². The number of hydrogen-bond donors (Lipinski definition) is 2. The fourth-order valence-electron chi connectivity index (χ4n) is 1.42. The van der Waals surface area contributed by atoms with E-state index in [0.29, 0.717) is 25.7 Å². The van der Waals surface area contributed by atoms with Crippen molar-refractivity contribution in [2.24, 2.45) is 10.7 Å². The molecule has 0 saturated heterocycles. The highest BCUT2D eigenvalue weighted by Crippen LogP contribution is 2.12. The maximum atomic E-state index is 5.72. The van der Waals surface area contributed by atoms with Crippen molar-refractivity contribution < 1.29 is 9.47 Å². The van der Waals surface area contributed by atoms with Crippen LogP contribution in [-0.4, -0.2) is 32.8 Å². The second-order valence-corrected chi connectivity index (χ2v) is 4.11. The lowest BCUT2D eigenvalue weighted by Crippen LogP contribution is -2.32. The lowest BCUT2D eigenvalue weighted by molar-refractivity contribution is 0.146. The highest BCUT2D eigenvalue weighted by Gasteiger charge is 1.96. The summed E-state index contributed by atoms with van der Waals surface area (Å²) in [6.45, 7) is 4.65. The van der Waals surface area contributed by atoms with Crippen LogP contribution >= 0.6 is 24.0 Å². The van der Waals surface area contributed by atoms with Crippen LogP contribution in [0.5, 0.6) is 5.75 Å². The van der Waals surface area contributed by atoms with Crippen molar-refractivity contribution >= 4 is 29.9 Å². The molecule has 1 aromatic carbocycles. The van der Waals surface area contributed by atoms with Crippen LogP contribution in [0.3, 0.4) is 0 Å². The number of nitrogens with two attached hydrogens (primary N) is 1. The molecule has 1 rings (SSSR count). The molecule has 5 nitrogen and oxygen atoms in total. The molecule has 20 heavy (non-hydrogen) atoms. The fraction of sp³-hybridized carbons (Fsp3) is 0.500. The summed E-state index contributed by atoms with van der Waals surface area (Å²) in [5, 5.41) is 3.04. The first kappa shape index (κ1) is 19.0. The summed E-state index contributed by atoms with van der Waals surface area (Å²) >= 11 is 0. The van der Waals surface area contributed by atoms with E-state index in [0.717, 1.165) is 24.3 Å². The average Bonchev–Trinajstić information content (AvgIpc) is 2.44. The first-order valence-corrected chi connectivity index (χ1v) is 6.50. The van der Waals surface area contributed by atoms with Gasteiger partial charge in [0.2, 0.25) is 0 Å². The molecule has 0 spiro atoms. The van der Waals surface area contributed by atoms with Crippen LogP contribution in [0, 0.1) is 0 Å². The van der Waals surface area contributed by atoms with Gasteiger partial charge in [0.05, 0.1) is 13.2 Å². The summed E-state index contributed by atoms with van der Waals surface area (Å²) in [5.74, 6) is 1.32. The fourth-order valence-corrected chi connectivity index (χ4v) is 1.42. The lowest BCUT2D eigenvalue weighted by atomic mass is 10.2. The van der Waals surface area contributed by atoms with Gasteiger partial charge in [0.1, 0.15) is 12.4 Å². The molecule has 0 aliphatic rings. The summed E-state index contributed by atoms with van der Waals surface area (Å²) in [4.78, 5) is 4.26. The zero-order valence-electron chi connectivity index (χ0n) is 12.1. The lowest BCUT2D eigenvalue weighted by Gasteiger charge is -2.06. The monoisotopic (exact) mass is 393 g/mol. The van der Waals surface area contributed by atoms with Crippen molar-refractivity contribution in [3.05, 3.63) is 29.8 Å². The Kier molecular flexibility index (Phi) is 11.2. The minimum absolute atomic E-state index is 0. The third-order valence-corrected chi connectivity index (χ3v) is 2.47. The Morgan fingerprint density at radius 2 is 1.95 bits per heavy atom. The molecule has 0 radical (unpaired) electrons. The quantitative estimate of drug-likeness (QED) is 0.307. The maximum Gasteiger partial charge on any atom is 0.188 e. The predicted octanol–water partition coefficient (Wildman–Crippen LogP) is 2.14. The normalized spacial score (nSPS) is 10.8. The van der Waals surface area contributed by atoms with Gasteiger partial charge in [0, 0.05) is 13.7 Å². The zero-order chi connectivity index (χ0) is 13.9. The molecular formula is C14H24IN3O2. The molecule has 0 atom stereocenters. The van der Waals surface area contributed by atoms with Crippen LogP contribution < -0.4 is 15.8 Å². The summed E-state index contributed by atoms with van der Waals surface area (Å²) in [6, 6.07) is 7.82. The second-order valence-electron chi connectivity index (χ2n) is 4.11. The van der Waals surface area contributed by atoms with Gasteiger partial charge < -0.3 is 20.5 Å². The van der Waals surface area contributed by atoms with E-state index in [-0.39, 0.29) is 24.0 Å². The Bertz CT molecular complexity index is 383. The van der Waals surface area contributed by atoms with Crippen LogP contribution in [0.2, 0.25) is 0 Å². The van der Waals surface area contributed by atoms with Crippen LogP contribution in [0.1, 0.15) is 18.9 Å². The van der Waals surface area contributed by atoms with Gasteiger partial charge >= 0.3 is 0 Å². The molecule has 0 amide bonds. The van der Waals surface area contributed by atoms with Gasteiger partial charge in [-0.2, -0.15) is 0 Å². The topological polar surface area (TPSA) is 68.9 Å². The minimum atomic E-state index is 0. The van der Waals surface area contributed by atoms with E-state index in [4.69, 9.17) is 15.2 Å². The van der Waals surface area contributed by atoms with E-state index in [2.05, 4.69) is 17.2 Å². The van der Waals surface area contributed by atoms with Gasteiger partial charge in [-0.1, -0.05) is 19.1 Å². The molecular weight excluding hydrogens is 369 g/mol. The van der Waals surface area contributed by atoms with Crippen molar-refractivity contribution in [2.75, 3.05) is 26.9 Å². The van der Waals surface area contributed by atoms with E-state index in [1.807, 2.05) is 24.3 Å². The van der Waals surface area contributed by atoms with Gasteiger partial charge in [-0.05, 0) is 24.1 Å². The van der Waals surface area contributed by atoms with Crippen molar-refractivity contribution in [2.45, 2.75) is 19.9 Å². The van der Waals surface area contributed by atoms with Crippen LogP contribution in [-0.2, 0) is 11.3 Å². The molecule has 1 aromatic rings. The number of nitrogens with one attached hydrogen (secondary N) is 1. The van der Waals surface area contributed by atoms with Gasteiger partial charge in [-0.3, -0.25) is 0 Å². The molecule has 0 unspecified atom stereocenters. The van der Waals surface area contributed by atoms with Crippen molar-refractivity contribution in [1.29, 1.82) is 0 Å². The van der Waals surface area contributed by atoms with Gasteiger partial charge in [0.25, 0.3) is 0 Å². The van der Waals surface area contributed by atoms with Crippen LogP contribution in [0.4, 0.5) is 0 Å². The van der Waals surface area contributed by atoms with E-state index in [1.54, 1.807) is 7.11 Å². The molecule has 0 fully saturated rings. The van der Waals surface area contributed by atoms with Gasteiger partial charge in [-0.25, -0.2) is 4.99 Å². The SMILES string of the molecule is CCCNC(N)=NCc1ccc(OCCOC)cc1.I. The average molecular weight is 393 g/mol. The van der Waals surface area contributed by atoms with E-state index >= 15 is 0 Å². The number of rotatable bonds is 8. The molecule has 0 saturated carbocycles. The second kappa shape index (κ2) is 11.8. The smallest absolute Gasteiger partial charge is 0.188 e. The minimum Gasteiger partial charge on any atom is -0.491 e. The molecule has 3 N–H and O–H groups in total. The molecule has 6 heteroatoms. The summed E-state index contributed by atoms with van der Waals surface area (Å²) < 4.78 is 10.4. The van der Waals surface area contributed by atoms with Crippen LogP contribution in [0.25, 0.3) is 0 Å². The summed E-state index contributed by atoms with van der Waals surface area (Å²) in [7, 11) is 1.65. The zero-order valence-corrected chi connectivity index (χ0v) is 14.4. The Hall–Kier alpha value is -1.02. The van der Waals surface area contributed by atoms with E-state index < -0.39 is 0 Å².